The summed E-state index contributed by atoms with van der Waals surface area (Å²) in [5, 5.41) is 9.26. The molecule has 6 heteroatoms. The van der Waals surface area contributed by atoms with Crippen molar-refractivity contribution in [2.45, 2.75) is 31.7 Å². The van der Waals surface area contributed by atoms with Crippen LogP contribution in [0.15, 0.2) is 22.8 Å². The van der Waals surface area contributed by atoms with Crippen molar-refractivity contribution in [3.05, 3.63) is 28.5 Å². The molecule has 0 spiro atoms. The summed E-state index contributed by atoms with van der Waals surface area (Å²) in [4.78, 5) is 29.2. The highest BCUT2D eigenvalue weighted by molar-refractivity contribution is 9.10. The van der Waals surface area contributed by atoms with E-state index in [1.54, 1.807) is 18.2 Å². The molecule has 2 rings (SSSR count). The van der Waals surface area contributed by atoms with Crippen LogP contribution >= 0.6 is 15.9 Å². The van der Waals surface area contributed by atoms with Crippen LogP contribution in [-0.4, -0.2) is 39.5 Å². The van der Waals surface area contributed by atoms with Crippen LogP contribution in [0.3, 0.4) is 0 Å². The van der Waals surface area contributed by atoms with Crippen LogP contribution in [0, 0.1) is 0 Å². The zero-order valence-electron chi connectivity index (χ0n) is 10.4. The number of aliphatic carboxylic acids is 1. The summed E-state index contributed by atoms with van der Waals surface area (Å²) in [7, 11) is 0. The first-order valence-corrected chi connectivity index (χ1v) is 7.05. The fraction of sp³-hybridized carbons (Fsp3) is 0.462. The van der Waals surface area contributed by atoms with Crippen molar-refractivity contribution in [2.75, 3.05) is 6.54 Å². The van der Waals surface area contributed by atoms with Gasteiger partial charge in [-0.15, -0.1) is 0 Å². The molecule has 0 saturated carbocycles. The summed E-state index contributed by atoms with van der Waals surface area (Å²) in [6.45, 7) is 0.476. The van der Waals surface area contributed by atoms with Gasteiger partial charge in [0.15, 0.2) is 0 Å². The molecule has 1 fully saturated rings. The minimum absolute atomic E-state index is 0.280. The Labute approximate surface area is 119 Å². The lowest BCUT2D eigenvalue weighted by Crippen LogP contribution is -2.44. The molecule has 1 saturated heterocycles. The van der Waals surface area contributed by atoms with Gasteiger partial charge in [-0.05, 0) is 40.9 Å². The molecule has 1 aromatic rings. The topological polar surface area (TPSA) is 70.5 Å². The second-order valence-corrected chi connectivity index (χ2v) is 5.36. The summed E-state index contributed by atoms with van der Waals surface area (Å²) in [5.74, 6) is -1.25. The summed E-state index contributed by atoms with van der Waals surface area (Å²) in [5.41, 5.74) is 0.280. The molecule has 1 aliphatic heterocycles. The molecule has 0 aromatic carbocycles. The zero-order valence-corrected chi connectivity index (χ0v) is 12.0. The molecule has 1 aliphatic rings. The predicted molar refractivity (Wildman–Crippen MR) is 72.9 cm³/mol. The smallest absolute Gasteiger partial charge is 0.326 e. The largest absolute Gasteiger partial charge is 0.480 e. The molecule has 0 radical (unpaired) electrons. The lowest BCUT2D eigenvalue weighted by molar-refractivity contribution is -0.142. The number of rotatable bonds is 2. The van der Waals surface area contributed by atoms with Gasteiger partial charge >= 0.3 is 5.97 Å². The number of aromatic nitrogens is 1. The van der Waals surface area contributed by atoms with Crippen molar-refractivity contribution in [2.24, 2.45) is 0 Å². The first kappa shape index (κ1) is 14.0. The number of carbonyl (C=O) groups excluding carboxylic acids is 1. The van der Waals surface area contributed by atoms with E-state index < -0.39 is 12.0 Å². The Hall–Kier alpha value is -1.43. The second kappa shape index (κ2) is 6.14. The SMILES string of the molecule is O=C(O)C1CCCCCN1C(=O)c1cccc(Br)n1. The van der Waals surface area contributed by atoms with Gasteiger partial charge in [0.25, 0.3) is 5.91 Å². The third-order valence-electron chi connectivity index (χ3n) is 3.23. The molecule has 1 N–H and O–H groups in total. The van der Waals surface area contributed by atoms with Crippen molar-refractivity contribution >= 4 is 27.8 Å². The van der Waals surface area contributed by atoms with Gasteiger partial charge in [-0.1, -0.05) is 18.9 Å². The molecule has 2 heterocycles. The normalized spacial score (nSPS) is 19.8. The summed E-state index contributed by atoms with van der Waals surface area (Å²) >= 11 is 3.22. The van der Waals surface area contributed by atoms with Crippen molar-refractivity contribution in [1.29, 1.82) is 0 Å². The van der Waals surface area contributed by atoms with E-state index in [1.807, 2.05) is 0 Å². The molecule has 1 aromatic heterocycles. The monoisotopic (exact) mass is 326 g/mol. The molecule has 1 unspecified atom stereocenters. The second-order valence-electron chi connectivity index (χ2n) is 4.55. The molecular weight excluding hydrogens is 312 g/mol. The van der Waals surface area contributed by atoms with Gasteiger partial charge in [0.05, 0.1) is 0 Å². The Balaban J connectivity index is 2.26. The quantitative estimate of drug-likeness (QED) is 0.846. The molecule has 0 aliphatic carbocycles. The minimum Gasteiger partial charge on any atom is -0.480 e. The van der Waals surface area contributed by atoms with E-state index in [2.05, 4.69) is 20.9 Å². The van der Waals surface area contributed by atoms with Crippen LogP contribution < -0.4 is 0 Å². The number of hydrogen-bond donors (Lipinski definition) is 1. The molecule has 5 nitrogen and oxygen atoms in total. The van der Waals surface area contributed by atoms with Crippen molar-refractivity contribution in [3.8, 4) is 0 Å². The molecule has 1 amide bonds. The predicted octanol–water partition coefficient (Wildman–Crippen LogP) is 2.31. The summed E-state index contributed by atoms with van der Waals surface area (Å²) in [6, 6.07) is 4.32. The molecule has 102 valence electrons. The highest BCUT2D eigenvalue weighted by atomic mass is 79.9. The molecule has 19 heavy (non-hydrogen) atoms. The average Bonchev–Trinajstić information content (AvgIpc) is 2.63. The standard InChI is InChI=1S/C13H15BrN2O3/c14-11-7-4-5-9(15-11)12(17)16-8-3-1-2-6-10(16)13(18)19/h4-5,7,10H,1-3,6,8H2,(H,18,19). The number of likely N-dealkylation sites (tertiary alicyclic amines) is 1. The number of halogens is 1. The Morgan fingerprint density at radius 2 is 2.11 bits per heavy atom. The van der Waals surface area contributed by atoms with Crippen molar-refractivity contribution < 1.29 is 14.7 Å². The van der Waals surface area contributed by atoms with Crippen LogP contribution in [0.4, 0.5) is 0 Å². The number of nitrogens with zero attached hydrogens (tertiary/aromatic N) is 2. The van der Waals surface area contributed by atoms with Gasteiger partial charge in [-0.3, -0.25) is 4.79 Å². The number of amides is 1. The van der Waals surface area contributed by atoms with Gasteiger partial charge in [-0.25, -0.2) is 9.78 Å². The average molecular weight is 327 g/mol. The van der Waals surface area contributed by atoms with Crippen LogP contribution in [0.2, 0.25) is 0 Å². The van der Waals surface area contributed by atoms with Crippen LogP contribution in [0.1, 0.15) is 36.2 Å². The maximum Gasteiger partial charge on any atom is 0.326 e. The van der Waals surface area contributed by atoms with Gasteiger partial charge in [0.1, 0.15) is 16.3 Å². The van der Waals surface area contributed by atoms with Gasteiger partial charge in [0.2, 0.25) is 0 Å². The van der Waals surface area contributed by atoms with E-state index in [4.69, 9.17) is 0 Å². The van der Waals surface area contributed by atoms with Crippen molar-refractivity contribution in [3.63, 3.8) is 0 Å². The maximum atomic E-state index is 12.4. The van der Waals surface area contributed by atoms with E-state index >= 15 is 0 Å². The van der Waals surface area contributed by atoms with E-state index in [0.717, 1.165) is 19.3 Å². The Morgan fingerprint density at radius 3 is 2.79 bits per heavy atom. The highest BCUT2D eigenvalue weighted by Gasteiger charge is 2.31. The summed E-state index contributed by atoms with van der Waals surface area (Å²) in [6.07, 6.45) is 3.14. The first-order chi connectivity index (χ1) is 9.09. The number of carboxylic acid groups (broad SMARTS) is 1. The van der Waals surface area contributed by atoms with Gasteiger partial charge in [0, 0.05) is 6.54 Å². The van der Waals surface area contributed by atoms with Gasteiger partial charge < -0.3 is 10.0 Å². The fourth-order valence-electron chi connectivity index (χ4n) is 2.28. The first-order valence-electron chi connectivity index (χ1n) is 6.26. The van der Waals surface area contributed by atoms with Gasteiger partial charge in [-0.2, -0.15) is 0 Å². The third kappa shape index (κ3) is 3.32. The zero-order chi connectivity index (χ0) is 13.8. The number of carboxylic acids is 1. The Morgan fingerprint density at radius 1 is 1.32 bits per heavy atom. The van der Waals surface area contributed by atoms with E-state index in [9.17, 15) is 14.7 Å². The van der Waals surface area contributed by atoms with E-state index in [-0.39, 0.29) is 11.6 Å². The lowest BCUT2D eigenvalue weighted by Gasteiger charge is -2.26. The van der Waals surface area contributed by atoms with Crippen LogP contribution in [-0.2, 0) is 4.79 Å². The van der Waals surface area contributed by atoms with Crippen LogP contribution in [0.25, 0.3) is 0 Å². The molecule has 1 atom stereocenters. The minimum atomic E-state index is -0.940. The summed E-state index contributed by atoms with van der Waals surface area (Å²) < 4.78 is 0.569. The molecular formula is C13H15BrN2O3. The number of pyridine rings is 1. The highest BCUT2D eigenvalue weighted by Crippen LogP contribution is 2.19. The fourth-order valence-corrected chi connectivity index (χ4v) is 2.63. The van der Waals surface area contributed by atoms with E-state index in [1.165, 1.54) is 4.90 Å². The van der Waals surface area contributed by atoms with Crippen LogP contribution in [0.5, 0.6) is 0 Å². The van der Waals surface area contributed by atoms with Crippen molar-refractivity contribution in [1.82, 2.24) is 9.88 Å². The maximum absolute atomic E-state index is 12.4. The molecule has 0 bridgehead atoms. The lowest BCUT2D eigenvalue weighted by atomic mass is 10.1. The number of carbonyl (C=O) groups is 2. The number of hydrogen-bond acceptors (Lipinski definition) is 3. The Bertz CT molecular complexity index is 493. The Kier molecular flexibility index (Phi) is 4.52. The van der Waals surface area contributed by atoms with E-state index in [0.29, 0.717) is 17.6 Å². The third-order valence-corrected chi connectivity index (χ3v) is 3.67.